The second-order valence-corrected chi connectivity index (χ2v) is 10.2. The highest BCUT2D eigenvalue weighted by atomic mass is 16.7. The minimum absolute atomic E-state index is 0.0207. The molecule has 0 aliphatic carbocycles. The van der Waals surface area contributed by atoms with E-state index in [1.807, 2.05) is 12.1 Å². The van der Waals surface area contributed by atoms with Crippen molar-refractivity contribution < 1.29 is 44.6 Å². The fraction of sp³-hybridized carbons (Fsp3) is 0.481. The molecule has 196 valence electrons. The molecule has 0 bridgehead atoms. The lowest BCUT2D eigenvalue weighted by Crippen LogP contribution is -2.60. The SMILES string of the molecule is CC(C)(C)c1ccc(CCC(Cc2ccc(C(=O)O)cc2)O[C@@H]2O[C@H](C(=O)O)[C@@H](O)[C@H](O)[C@H]2O)cc1. The van der Waals surface area contributed by atoms with Gasteiger partial charge in [0.2, 0.25) is 0 Å². The Morgan fingerprint density at radius 3 is 2.00 bits per heavy atom. The van der Waals surface area contributed by atoms with Gasteiger partial charge >= 0.3 is 11.9 Å². The molecular formula is C27H34O9. The zero-order valence-corrected chi connectivity index (χ0v) is 20.6. The highest BCUT2D eigenvalue weighted by molar-refractivity contribution is 5.87. The Morgan fingerprint density at radius 1 is 0.889 bits per heavy atom. The molecule has 1 heterocycles. The molecule has 3 rings (SSSR count). The Morgan fingerprint density at radius 2 is 1.47 bits per heavy atom. The molecule has 2 aromatic carbocycles. The van der Waals surface area contributed by atoms with Crippen LogP contribution >= 0.6 is 0 Å². The zero-order valence-electron chi connectivity index (χ0n) is 20.6. The third-order valence-electron chi connectivity index (χ3n) is 6.38. The number of aliphatic hydroxyl groups excluding tert-OH is 3. The van der Waals surface area contributed by atoms with Crippen LogP contribution < -0.4 is 0 Å². The van der Waals surface area contributed by atoms with E-state index in [0.717, 1.165) is 11.1 Å². The minimum Gasteiger partial charge on any atom is -0.479 e. The van der Waals surface area contributed by atoms with Crippen molar-refractivity contribution in [3.8, 4) is 0 Å². The van der Waals surface area contributed by atoms with Gasteiger partial charge in [-0.3, -0.25) is 0 Å². The molecule has 0 aromatic heterocycles. The quantitative estimate of drug-likeness (QED) is 0.347. The van der Waals surface area contributed by atoms with Crippen molar-refractivity contribution in [3.05, 3.63) is 70.8 Å². The van der Waals surface area contributed by atoms with Crippen LogP contribution in [0.5, 0.6) is 0 Å². The number of carboxylic acid groups (broad SMARTS) is 2. The molecule has 0 amide bonds. The lowest BCUT2D eigenvalue weighted by Gasteiger charge is -2.40. The average Bonchev–Trinajstić information content (AvgIpc) is 2.82. The molecule has 36 heavy (non-hydrogen) atoms. The summed E-state index contributed by atoms with van der Waals surface area (Å²) >= 11 is 0. The van der Waals surface area contributed by atoms with Gasteiger partial charge in [-0.1, -0.05) is 57.2 Å². The average molecular weight is 503 g/mol. The Labute approximate surface area is 209 Å². The Bertz CT molecular complexity index is 1030. The summed E-state index contributed by atoms with van der Waals surface area (Å²) in [7, 11) is 0. The molecule has 1 aliphatic heterocycles. The van der Waals surface area contributed by atoms with E-state index in [1.54, 1.807) is 12.1 Å². The Kier molecular flexibility index (Phi) is 8.86. The van der Waals surface area contributed by atoms with Gasteiger partial charge in [0.05, 0.1) is 11.7 Å². The fourth-order valence-corrected chi connectivity index (χ4v) is 4.12. The number of carboxylic acids is 2. The predicted octanol–water partition coefficient (Wildman–Crippen LogP) is 2.13. The van der Waals surface area contributed by atoms with Gasteiger partial charge in [-0.05, 0) is 53.5 Å². The van der Waals surface area contributed by atoms with Gasteiger partial charge in [-0.2, -0.15) is 0 Å². The molecule has 9 nitrogen and oxygen atoms in total. The van der Waals surface area contributed by atoms with Crippen molar-refractivity contribution >= 4 is 11.9 Å². The number of carbonyl (C=O) groups is 2. The predicted molar refractivity (Wildman–Crippen MR) is 130 cm³/mol. The lowest BCUT2D eigenvalue weighted by molar-refractivity contribution is -0.304. The first-order chi connectivity index (χ1) is 16.9. The second kappa shape index (κ2) is 11.5. The first kappa shape index (κ1) is 27.8. The van der Waals surface area contributed by atoms with E-state index in [2.05, 4.69) is 32.9 Å². The first-order valence-electron chi connectivity index (χ1n) is 11.9. The molecule has 1 saturated heterocycles. The fourth-order valence-electron chi connectivity index (χ4n) is 4.12. The van der Waals surface area contributed by atoms with Crippen LogP contribution in [0.15, 0.2) is 48.5 Å². The van der Waals surface area contributed by atoms with Crippen molar-refractivity contribution in [1.29, 1.82) is 0 Å². The number of aliphatic carboxylic acids is 1. The van der Waals surface area contributed by atoms with Gasteiger partial charge in [0.25, 0.3) is 0 Å². The van der Waals surface area contributed by atoms with Crippen LogP contribution in [0.1, 0.15) is 54.2 Å². The van der Waals surface area contributed by atoms with Crippen LogP contribution in [-0.4, -0.2) is 74.3 Å². The van der Waals surface area contributed by atoms with Crippen molar-refractivity contribution in [2.24, 2.45) is 0 Å². The summed E-state index contributed by atoms with van der Waals surface area (Å²) in [5.41, 5.74) is 3.19. The Hall–Kier alpha value is -2.82. The smallest absolute Gasteiger partial charge is 0.335 e. The topological polar surface area (TPSA) is 154 Å². The normalized spacial score (nSPS) is 25.3. The number of aliphatic hydroxyl groups is 3. The van der Waals surface area contributed by atoms with Crippen molar-refractivity contribution in [2.75, 3.05) is 0 Å². The van der Waals surface area contributed by atoms with Crippen molar-refractivity contribution in [1.82, 2.24) is 0 Å². The maximum absolute atomic E-state index is 11.5. The largest absolute Gasteiger partial charge is 0.479 e. The Balaban J connectivity index is 1.77. The van der Waals surface area contributed by atoms with E-state index in [4.69, 9.17) is 14.6 Å². The molecule has 0 spiro atoms. The van der Waals surface area contributed by atoms with E-state index >= 15 is 0 Å². The molecule has 6 atom stereocenters. The maximum Gasteiger partial charge on any atom is 0.335 e. The van der Waals surface area contributed by atoms with Crippen LogP contribution in [0.3, 0.4) is 0 Å². The molecular weight excluding hydrogens is 468 g/mol. The minimum atomic E-state index is -1.80. The monoisotopic (exact) mass is 502 g/mol. The maximum atomic E-state index is 11.5. The number of hydrogen-bond donors (Lipinski definition) is 5. The van der Waals surface area contributed by atoms with Gasteiger partial charge in [-0.25, -0.2) is 9.59 Å². The summed E-state index contributed by atoms with van der Waals surface area (Å²) in [5, 5.41) is 48.9. The summed E-state index contributed by atoms with van der Waals surface area (Å²) in [4.78, 5) is 22.6. The molecule has 9 heteroatoms. The first-order valence-corrected chi connectivity index (χ1v) is 11.9. The van der Waals surface area contributed by atoms with Gasteiger partial charge in [-0.15, -0.1) is 0 Å². The number of benzene rings is 2. The number of aryl methyl sites for hydroxylation is 1. The summed E-state index contributed by atoms with van der Waals surface area (Å²) in [6.45, 7) is 6.40. The van der Waals surface area contributed by atoms with Crippen LogP contribution in [-0.2, 0) is 32.5 Å². The summed E-state index contributed by atoms with van der Waals surface area (Å²) in [5.74, 6) is -2.53. The van der Waals surface area contributed by atoms with Crippen LogP contribution in [0, 0.1) is 0 Å². The third-order valence-corrected chi connectivity index (χ3v) is 6.38. The molecule has 0 saturated carbocycles. The van der Waals surface area contributed by atoms with Crippen molar-refractivity contribution in [3.63, 3.8) is 0 Å². The standard InChI is InChI=1S/C27H34O9/c1-27(2,3)18-11-6-15(7-12-18)8-13-19(14-16-4-9-17(10-5-16)24(31)32)35-26-22(30)20(28)21(29)23(36-26)25(33)34/h4-7,9-12,19-23,26,28-30H,8,13-14H2,1-3H3,(H,31,32)(H,33,34)/t19?,20-,21-,22+,23-,26+/m0/s1. The molecule has 1 aliphatic rings. The van der Waals surface area contributed by atoms with Gasteiger partial charge in [0, 0.05) is 0 Å². The van der Waals surface area contributed by atoms with E-state index in [-0.39, 0.29) is 11.0 Å². The number of rotatable bonds is 9. The number of aromatic carboxylic acids is 1. The molecule has 0 radical (unpaired) electrons. The van der Waals surface area contributed by atoms with E-state index in [0.29, 0.717) is 19.3 Å². The molecule has 2 aromatic rings. The van der Waals surface area contributed by atoms with Crippen LogP contribution in [0.25, 0.3) is 0 Å². The second-order valence-electron chi connectivity index (χ2n) is 10.2. The summed E-state index contributed by atoms with van der Waals surface area (Å²) in [6.07, 6.45) is -7.62. The zero-order chi connectivity index (χ0) is 26.6. The number of hydrogen-bond acceptors (Lipinski definition) is 7. The highest BCUT2D eigenvalue weighted by Crippen LogP contribution is 2.26. The molecule has 1 fully saturated rings. The summed E-state index contributed by atoms with van der Waals surface area (Å²) < 4.78 is 11.3. The van der Waals surface area contributed by atoms with Crippen molar-refractivity contribution in [2.45, 2.75) is 82.3 Å². The van der Waals surface area contributed by atoms with Crippen LogP contribution in [0.2, 0.25) is 0 Å². The highest BCUT2D eigenvalue weighted by Gasteiger charge is 2.48. The van der Waals surface area contributed by atoms with E-state index < -0.39 is 48.7 Å². The third kappa shape index (κ3) is 6.89. The lowest BCUT2D eigenvalue weighted by atomic mass is 9.86. The van der Waals surface area contributed by atoms with Crippen LogP contribution in [0.4, 0.5) is 0 Å². The summed E-state index contributed by atoms with van der Waals surface area (Å²) in [6, 6.07) is 14.5. The molecule has 1 unspecified atom stereocenters. The van der Waals surface area contributed by atoms with E-state index in [9.17, 15) is 30.0 Å². The van der Waals surface area contributed by atoms with Gasteiger partial charge in [0.15, 0.2) is 12.4 Å². The van der Waals surface area contributed by atoms with Gasteiger partial charge in [0.1, 0.15) is 18.3 Å². The molecule has 5 N–H and O–H groups in total. The number of ether oxygens (including phenoxy) is 2. The van der Waals surface area contributed by atoms with E-state index in [1.165, 1.54) is 17.7 Å². The van der Waals surface area contributed by atoms with Gasteiger partial charge < -0.3 is 35.0 Å².